The molecule has 148 valence electrons. The molecule has 2 aromatic carbocycles. The van der Waals surface area contributed by atoms with Gasteiger partial charge in [-0.05, 0) is 24.3 Å². The third-order valence-corrected chi connectivity index (χ3v) is 4.86. The molecule has 0 saturated carbocycles. The van der Waals surface area contributed by atoms with Gasteiger partial charge in [0.05, 0.1) is 10.7 Å². The second-order valence-electron chi connectivity index (χ2n) is 5.66. The molecule has 3 rings (SSSR count). The lowest BCUT2D eigenvalue weighted by molar-refractivity contribution is -0.384. The lowest BCUT2D eigenvalue weighted by Gasteiger charge is -2.09. The third kappa shape index (κ3) is 5.33. The van der Waals surface area contributed by atoms with Gasteiger partial charge < -0.3 is 0 Å². The number of non-ortho nitro benzene ring substituents is 1. The van der Waals surface area contributed by atoms with Crippen molar-refractivity contribution >= 4 is 40.9 Å². The quantitative estimate of drug-likeness (QED) is 0.352. The molecule has 0 unspecified atom stereocenters. The lowest BCUT2D eigenvalue weighted by Crippen LogP contribution is -2.42. The van der Waals surface area contributed by atoms with Crippen LogP contribution < -0.4 is 10.9 Å². The molecule has 0 saturated heterocycles. The van der Waals surface area contributed by atoms with Crippen LogP contribution in [-0.2, 0) is 4.79 Å². The van der Waals surface area contributed by atoms with Crippen LogP contribution in [0.25, 0.3) is 5.69 Å². The summed E-state index contributed by atoms with van der Waals surface area (Å²) in [5.41, 5.74) is 5.15. The summed E-state index contributed by atoms with van der Waals surface area (Å²) < 4.78 is 1.78. The van der Waals surface area contributed by atoms with E-state index < -0.39 is 16.7 Å². The van der Waals surface area contributed by atoms with Crippen LogP contribution in [0.1, 0.15) is 10.4 Å². The fourth-order valence-electron chi connectivity index (χ4n) is 2.34. The van der Waals surface area contributed by atoms with E-state index in [9.17, 15) is 19.7 Å². The van der Waals surface area contributed by atoms with Crippen LogP contribution in [-0.4, -0.2) is 32.0 Å². The molecule has 11 heteroatoms. The molecule has 9 nitrogen and oxygen atoms in total. The summed E-state index contributed by atoms with van der Waals surface area (Å²) in [6.07, 6.45) is 3.35. The molecule has 29 heavy (non-hydrogen) atoms. The number of halogens is 1. The predicted octanol–water partition coefficient (Wildman–Crippen LogP) is 2.99. The molecule has 0 fully saturated rings. The van der Waals surface area contributed by atoms with E-state index in [0.29, 0.717) is 10.2 Å². The maximum absolute atomic E-state index is 12.0. The summed E-state index contributed by atoms with van der Waals surface area (Å²) in [5, 5.41) is 11.9. The van der Waals surface area contributed by atoms with Crippen molar-refractivity contribution in [1.82, 2.24) is 20.4 Å². The summed E-state index contributed by atoms with van der Waals surface area (Å²) in [6.45, 7) is 0. The number of nitro groups is 1. The highest BCUT2D eigenvalue weighted by Crippen LogP contribution is 2.22. The van der Waals surface area contributed by atoms with Crippen molar-refractivity contribution in [2.75, 3.05) is 5.75 Å². The molecule has 0 aliphatic rings. The van der Waals surface area contributed by atoms with Gasteiger partial charge in [-0.3, -0.25) is 35.1 Å². The number of hydrogen-bond acceptors (Lipinski definition) is 6. The maximum Gasteiger partial charge on any atom is 0.270 e. The Hall–Kier alpha value is -3.37. The number of amides is 2. The van der Waals surface area contributed by atoms with Crippen molar-refractivity contribution < 1.29 is 14.5 Å². The Kier molecular flexibility index (Phi) is 6.47. The van der Waals surface area contributed by atoms with Gasteiger partial charge in [0.25, 0.3) is 11.6 Å². The summed E-state index contributed by atoms with van der Waals surface area (Å²) in [4.78, 5) is 38.5. The smallest absolute Gasteiger partial charge is 0.270 e. The molecule has 0 spiro atoms. The van der Waals surface area contributed by atoms with Gasteiger partial charge in [-0.1, -0.05) is 35.5 Å². The third-order valence-electron chi connectivity index (χ3n) is 3.66. The van der Waals surface area contributed by atoms with Gasteiger partial charge in [0, 0.05) is 40.8 Å². The van der Waals surface area contributed by atoms with Gasteiger partial charge in [0.15, 0.2) is 5.16 Å². The Labute approximate surface area is 174 Å². The van der Waals surface area contributed by atoms with Crippen LogP contribution in [0.3, 0.4) is 0 Å². The number of rotatable bonds is 6. The van der Waals surface area contributed by atoms with Gasteiger partial charge in [0.2, 0.25) is 5.91 Å². The summed E-state index contributed by atoms with van der Waals surface area (Å²) in [7, 11) is 0. The Morgan fingerprint density at radius 1 is 1.17 bits per heavy atom. The monoisotopic (exact) mass is 431 g/mol. The highest BCUT2D eigenvalue weighted by molar-refractivity contribution is 7.99. The molecule has 3 aromatic rings. The highest BCUT2D eigenvalue weighted by Gasteiger charge is 2.13. The zero-order chi connectivity index (χ0) is 20.8. The highest BCUT2D eigenvalue weighted by atomic mass is 35.5. The number of nitro benzene ring substituents is 1. The average molecular weight is 432 g/mol. The molecule has 1 aromatic heterocycles. The Morgan fingerprint density at radius 2 is 1.97 bits per heavy atom. The van der Waals surface area contributed by atoms with Crippen molar-refractivity contribution in [2.24, 2.45) is 0 Å². The molecular formula is C18H14ClN5O4S. The SMILES string of the molecule is O=C(CSc1nccn1-c1cccc(Cl)c1)NNC(=O)c1cccc([N+](=O)[O-])c1. The second kappa shape index (κ2) is 9.22. The van der Waals surface area contributed by atoms with Crippen molar-refractivity contribution in [3.8, 4) is 5.69 Å². The van der Waals surface area contributed by atoms with Gasteiger partial charge in [-0.2, -0.15) is 0 Å². The molecule has 2 amide bonds. The number of aromatic nitrogens is 2. The number of nitrogens with one attached hydrogen (secondary N) is 2. The van der Waals surface area contributed by atoms with E-state index in [0.717, 1.165) is 11.8 Å². The van der Waals surface area contributed by atoms with Crippen LogP contribution in [0, 0.1) is 10.1 Å². The second-order valence-corrected chi connectivity index (χ2v) is 7.04. The normalized spacial score (nSPS) is 10.4. The molecular weight excluding hydrogens is 418 g/mol. The Balaban J connectivity index is 1.55. The maximum atomic E-state index is 12.0. The van der Waals surface area contributed by atoms with Crippen LogP contribution in [0.2, 0.25) is 5.02 Å². The fourth-order valence-corrected chi connectivity index (χ4v) is 3.30. The molecule has 0 aliphatic heterocycles. The van der Waals surface area contributed by atoms with Crippen molar-refractivity contribution in [3.05, 3.63) is 81.6 Å². The minimum Gasteiger partial charge on any atom is -0.295 e. The Bertz CT molecular complexity index is 1070. The van der Waals surface area contributed by atoms with E-state index in [4.69, 9.17) is 11.6 Å². The molecule has 0 atom stereocenters. The summed E-state index contributed by atoms with van der Waals surface area (Å²) in [5.74, 6) is -1.13. The predicted molar refractivity (Wildman–Crippen MR) is 108 cm³/mol. The van der Waals surface area contributed by atoms with Crippen LogP contribution in [0.5, 0.6) is 0 Å². The van der Waals surface area contributed by atoms with E-state index in [1.165, 1.54) is 30.0 Å². The van der Waals surface area contributed by atoms with E-state index >= 15 is 0 Å². The minimum absolute atomic E-state index is 0.00715. The first-order valence-electron chi connectivity index (χ1n) is 8.20. The molecule has 0 radical (unpaired) electrons. The standard InChI is InChI=1S/C18H14ClN5O4S/c19-13-4-2-5-14(10-13)23-8-7-20-18(23)29-11-16(25)21-22-17(26)12-3-1-6-15(9-12)24(27)28/h1-10H,11H2,(H,21,25)(H,22,26). The first kappa shape index (κ1) is 20.4. The number of benzene rings is 2. The van der Waals surface area contributed by atoms with Crippen molar-refractivity contribution in [2.45, 2.75) is 5.16 Å². The van der Waals surface area contributed by atoms with E-state index in [-0.39, 0.29) is 17.0 Å². The van der Waals surface area contributed by atoms with E-state index in [1.807, 2.05) is 12.1 Å². The fraction of sp³-hybridized carbons (Fsp3) is 0.0556. The van der Waals surface area contributed by atoms with Gasteiger partial charge in [0.1, 0.15) is 0 Å². The lowest BCUT2D eigenvalue weighted by atomic mass is 10.2. The minimum atomic E-state index is -0.660. The number of imidazole rings is 1. The van der Waals surface area contributed by atoms with Gasteiger partial charge in [-0.15, -0.1) is 0 Å². The zero-order valence-corrected chi connectivity index (χ0v) is 16.3. The zero-order valence-electron chi connectivity index (χ0n) is 14.7. The number of carbonyl (C=O) groups is 2. The Morgan fingerprint density at radius 3 is 2.72 bits per heavy atom. The topological polar surface area (TPSA) is 119 Å². The molecule has 0 bridgehead atoms. The van der Waals surface area contributed by atoms with Gasteiger partial charge >= 0.3 is 0 Å². The average Bonchev–Trinajstić information content (AvgIpc) is 3.19. The summed E-state index contributed by atoms with van der Waals surface area (Å²) in [6, 6.07) is 12.4. The van der Waals surface area contributed by atoms with Gasteiger partial charge in [-0.25, -0.2) is 4.98 Å². The van der Waals surface area contributed by atoms with Crippen LogP contribution in [0.15, 0.2) is 66.1 Å². The number of carbonyl (C=O) groups excluding carboxylic acids is 2. The van der Waals surface area contributed by atoms with Crippen LogP contribution >= 0.6 is 23.4 Å². The number of nitrogens with zero attached hydrogens (tertiary/aromatic N) is 3. The summed E-state index contributed by atoms with van der Waals surface area (Å²) >= 11 is 7.18. The number of hydrogen-bond donors (Lipinski definition) is 2. The largest absolute Gasteiger partial charge is 0.295 e. The molecule has 2 N–H and O–H groups in total. The van der Waals surface area contributed by atoms with E-state index in [1.54, 1.807) is 29.1 Å². The van der Waals surface area contributed by atoms with Crippen molar-refractivity contribution in [3.63, 3.8) is 0 Å². The number of thioether (sulfide) groups is 1. The number of hydrazine groups is 1. The molecule has 1 heterocycles. The van der Waals surface area contributed by atoms with Crippen molar-refractivity contribution in [1.29, 1.82) is 0 Å². The van der Waals surface area contributed by atoms with E-state index in [2.05, 4.69) is 15.8 Å². The first-order valence-corrected chi connectivity index (χ1v) is 9.56. The molecule has 0 aliphatic carbocycles. The first-order chi connectivity index (χ1) is 13.9. The van der Waals surface area contributed by atoms with Crippen LogP contribution in [0.4, 0.5) is 5.69 Å².